The monoisotopic (exact) mass is 337 g/mol. The van der Waals surface area contributed by atoms with Crippen molar-refractivity contribution in [2.75, 3.05) is 59.5 Å². The first-order valence-electron chi connectivity index (χ1n) is 8.55. The number of hydrogen-bond acceptors (Lipinski definition) is 5. The summed E-state index contributed by atoms with van der Waals surface area (Å²) in [6, 6.07) is 4.80. The average Bonchev–Trinajstić information content (AvgIpc) is 3.23. The summed E-state index contributed by atoms with van der Waals surface area (Å²) >= 11 is 1.84. The predicted octanol–water partition coefficient (Wildman–Crippen LogP) is 1.68. The zero-order valence-electron chi connectivity index (χ0n) is 13.9. The first-order chi connectivity index (χ1) is 11.2. The first kappa shape index (κ1) is 16.9. The van der Waals surface area contributed by atoms with Gasteiger partial charge in [-0.25, -0.2) is 0 Å². The number of likely N-dealkylation sites (N-methyl/N-ethyl adjacent to an activating group) is 1. The van der Waals surface area contributed by atoms with Crippen LogP contribution in [0.25, 0.3) is 0 Å². The molecule has 0 saturated carbocycles. The second-order valence-corrected chi connectivity index (χ2v) is 7.41. The third-order valence-corrected chi connectivity index (χ3v) is 5.74. The molecule has 5 nitrogen and oxygen atoms in total. The van der Waals surface area contributed by atoms with E-state index in [9.17, 15) is 4.79 Å². The Morgan fingerprint density at radius 2 is 2.17 bits per heavy atom. The highest BCUT2D eigenvalue weighted by Crippen LogP contribution is 2.26. The number of thiophene rings is 1. The number of carbonyl (C=O) groups is 1. The lowest BCUT2D eigenvalue weighted by molar-refractivity contribution is -0.127. The molecule has 1 aromatic rings. The molecule has 0 spiro atoms. The lowest BCUT2D eigenvalue weighted by Crippen LogP contribution is -2.44. The minimum absolute atomic E-state index is 0.321. The Bertz CT molecular complexity index is 488. The van der Waals surface area contributed by atoms with Crippen molar-refractivity contribution in [2.45, 2.75) is 18.9 Å². The van der Waals surface area contributed by atoms with Crippen molar-refractivity contribution in [3.8, 4) is 0 Å². The van der Waals surface area contributed by atoms with E-state index in [1.54, 1.807) is 0 Å². The molecule has 2 aliphatic rings. The van der Waals surface area contributed by atoms with Crippen LogP contribution < -0.4 is 0 Å². The van der Waals surface area contributed by atoms with E-state index in [0.717, 1.165) is 65.3 Å². The van der Waals surface area contributed by atoms with Gasteiger partial charge < -0.3 is 14.5 Å². The molecular weight excluding hydrogens is 310 g/mol. The van der Waals surface area contributed by atoms with Crippen molar-refractivity contribution in [2.24, 2.45) is 0 Å². The Balaban J connectivity index is 1.55. The van der Waals surface area contributed by atoms with E-state index in [0.29, 0.717) is 11.9 Å². The molecule has 3 rings (SSSR count). The van der Waals surface area contributed by atoms with E-state index in [1.807, 2.05) is 16.2 Å². The molecule has 1 amide bonds. The number of nitrogens with zero attached hydrogens (tertiary/aromatic N) is 3. The highest BCUT2D eigenvalue weighted by atomic mass is 32.1. The van der Waals surface area contributed by atoms with Gasteiger partial charge in [0, 0.05) is 50.6 Å². The summed E-state index contributed by atoms with van der Waals surface area (Å²) in [5.41, 5.74) is 0. The average molecular weight is 337 g/mol. The number of rotatable bonds is 7. The minimum Gasteiger partial charge on any atom is -0.379 e. The fourth-order valence-electron chi connectivity index (χ4n) is 3.37. The maximum absolute atomic E-state index is 11.7. The van der Waals surface area contributed by atoms with Gasteiger partial charge in [0.1, 0.15) is 0 Å². The van der Waals surface area contributed by atoms with Gasteiger partial charge in [-0.15, -0.1) is 11.3 Å². The molecule has 128 valence electrons. The van der Waals surface area contributed by atoms with Gasteiger partial charge in [0.25, 0.3) is 0 Å². The third-order valence-electron chi connectivity index (χ3n) is 4.77. The van der Waals surface area contributed by atoms with Gasteiger partial charge in [-0.1, -0.05) is 6.07 Å². The molecule has 1 atom stereocenters. The van der Waals surface area contributed by atoms with Gasteiger partial charge in [-0.3, -0.25) is 9.69 Å². The standard InChI is InChI=1S/C17H27N3O2S/c1-18(7-8-20-6-2-5-17(20)21)14-15(16-4-3-13-23-16)19-9-11-22-12-10-19/h3-4,13,15H,2,5-12,14H2,1H3. The molecule has 23 heavy (non-hydrogen) atoms. The van der Waals surface area contributed by atoms with E-state index in [2.05, 4.69) is 34.4 Å². The molecule has 0 N–H and O–H groups in total. The van der Waals surface area contributed by atoms with Gasteiger partial charge in [0.15, 0.2) is 0 Å². The van der Waals surface area contributed by atoms with Gasteiger partial charge in [-0.2, -0.15) is 0 Å². The van der Waals surface area contributed by atoms with Crippen LogP contribution in [-0.4, -0.2) is 80.1 Å². The maximum Gasteiger partial charge on any atom is 0.222 e. The van der Waals surface area contributed by atoms with Crippen molar-refractivity contribution in [1.82, 2.24) is 14.7 Å². The predicted molar refractivity (Wildman–Crippen MR) is 92.8 cm³/mol. The molecule has 2 saturated heterocycles. The number of ether oxygens (including phenoxy) is 1. The summed E-state index contributed by atoms with van der Waals surface area (Å²) in [4.78, 5) is 20.1. The molecule has 1 aromatic heterocycles. The van der Waals surface area contributed by atoms with Crippen LogP contribution in [0, 0.1) is 0 Å². The van der Waals surface area contributed by atoms with Gasteiger partial charge in [-0.05, 0) is 24.9 Å². The summed E-state index contributed by atoms with van der Waals surface area (Å²) in [5, 5.41) is 2.16. The van der Waals surface area contributed by atoms with Gasteiger partial charge >= 0.3 is 0 Å². The highest BCUT2D eigenvalue weighted by molar-refractivity contribution is 7.10. The smallest absolute Gasteiger partial charge is 0.222 e. The third kappa shape index (κ3) is 4.53. The van der Waals surface area contributed by atoms with Crippen molar-refractivity contribution in [3.05, 3.63) is 22.4 Å². The number of carbonyl (C=O) groups excluding carboxylic acids is 1. The summed E-state index contributed by atoms with van der Waals surface area (Å²) in [6.07, 6.45) is 1.75. The molecule has 2 aliphatic heterocycles. The van der Waals surface area contributed by atoms with Crippen molar-refractivity contribution >= 4 is 17.2 Å². The molecular formula is C17H27N3O2S. The van der Waals surface area contributed by atoms with E-state index >= 15 is 0 Å². The topological polar surface area (TPSA) is 36.0 Å². The van der Waals surface area contributed by atoms with E-state index in [4.69, 9.17) is 4.74 Å². The van der Waals surface area contributed by atoms with Gasteiger partial charge in [0.05, 0.1) is 19.3 Å². The second kappa shape index (κ2) is 8.24. The maximum atomic E-state index is 11.7. The fraction of sp³-hybridized carbons (Fsp3) is 0.706. The summed E-state index contributed by atoms with van der Waals surface area (Å²) in [7, 11) is 2.17. The largest absolute Gasteiger partial charge is 0.379 e. The van der Waals surface area contributed by atoms with E-state index in [1.165, 1.54) is 4.88 Å². The Morgan fingerprint density at radius 3 is 2.83 bits per heavy atom. The Hall–Kier alpha value is -0.950. The van der Waals surface area contributed by atoms with Crippen molar-refractivity contribution in [3.63, 3.8) is 0 Å². The van der Waals surface area contributed by atoms with Crippen LogP contribution in [0.1, 0.15) is 23.8 Å². The second-order valence-electron chi connectivity index (χ2n) is 6.43. The molecule has 0 aromatic carbocycles. The molecule has 3 heterocycles. The summed E-state index contributed by atoms with van der Waals surface area (Å²) < 4.78 is 5.50. The van der Waals surface area contributed by atoms with Gasteiger partial charge in [0.2, 0.25) is 5.91 Å². The SMILES string of the molecule is CN(CCN1CCCC1=O)CC(c1cccs1)N1CCOCC1. The van der Waals surface area contributed by atoms with E-state index in [-0.39, 0.29) is 0 Å². The number of hydrogen-bond donors (Lipinski definition) is 0. The molecule has 6 heteroatoms. The molecule has 0 radical (unpaired) electrons. The highest BCUT2D eigenvalue weighted by Gasteiger charge is 2.25. The Kier molecular flexibility index (Phi) is 6.05. The van der Waals surface area contributed by atoms with Crippen molar-refractivity contribution in [1.29, 1.82) is 0 Å². The van der Waals surface area contributed by atoms with Crippen LogP contribution in [-0.2, 0) is 9.53 Å². The molecule has 1 unspecified atom stereocenters. The Morgan fingerprint density at radius 1 is 1.35 bits per heavy atom. The first-order valence-corrected chi connectivity index (χ1v) is 9.43. The lowest BCUT2D eigenvalue weighted by atomic mass is 10.1. The summed E-state index contributed by atoms with van der Waals surface area (Å²) in [5.74, 6) is 0.321. The number of morpholine rings is 1. The molecule has 2 fully saturated rings. The zero-order valence-corrected chi connectivity index (χ0v) is 14.8. The molecule has 0 aliphatic carbocycles. The van der Waals surface area contributed by atoms with Crippen molar-refractivity contribution < 1.29 is 9.53 Å². The van der Waals surface area contributed by atoms with Crippen LogP contribution in [0.4, 0.5) is 0 Å². The minimum atomic E-state index is 0.321. The van der Waals surface area contributed by atoms with Crippen LogP contribution in [0.2, 0.25) is 0 Å². The van der Waals surface area contributed by atoms with E-state index < -0.39 is 0 Å². The lowest BCUT2D eigenvalue weighted by Gasteiger charge is -2.36. The zero-order chi connectivity index (χ0) is 16.1. The molecule has 0 bridgehead atoms. The quantitative estimate of drug-likeness (QED) is 0.758. The summed E-state index contributed by atoms with van der Waals surface area (Å²) in [6.45, 7) is 7.39. The Labute approximate surface area is 142 Å². The number of likely N-dealkylation sites (tertiary alicyclic amines) is 1. The van der Waals surface area contributed by atoms with Crippen LogP contribution in [0.3, 0.4) is 0 Å². The van der Waals surface area contributed by atoms with Crippen LogP contribution >= 0.6 is 11.3 Å². The normalized spacial score (nSPS) is 21.3. The van der Waals surface area contributed by atoms with Crippen LogP contribution in [0.5, 0.6) is 0 Å². The van der Waals surface area contributed by atoms with Crippen LogP contribution in [0.15, 0.2) is 17.5 Å². The fourth-order valence-corrected chi connectivity index (χ4v) is 4.23. The number of amides is 1.